The van der Waals surface area contributed by atoms with Crippen molar-refractivity contribution in [1.29, 1.82) is 0 Å². The van der Waals surface area contributed by atoms with Gasteiger partial charge in [0.25, 0.3) is 0 Å². The van der Waals surface area contributed by atoms with Crippen LogP contribution in [0.25, 0.3) is 10.8 Å². The molecule has 0 N–H and O–H groups in total. The molecular formula is C12H12OPS+. The van der Waals surface area contributed by atoms with Crippen LogP contribution < -0.4 is 0 Å². The average Bonchev–Trinajstić information content (AvgIpc) is 2.26. The third-order valence-corrected chi connectivity index (χ3v) is 4.69. The van der Waals surface area contributed by atoms with Gasteiger partial charge in [0, 0.05) is 4.90 Å². The molecule has 1 atom stereocenters. The van der Waals surface area contributed by atoms with Crippen LogP contribution in [0.5, 0.6) is 0 Å². The molecule has 2 aromatic rings. The molecule has 0 saturated carbocycles. The zero-order chi connectivity index (χ0) is 10.7. The van der Waals surface area contributed by atoms with Gasteiger partial charge < -0.3 is 0 Å². The summed E-state index contributed by atoms with van der Waals surface area (Å²) in [5, 5.41) is 2.50. The molecule has 0 aliphatic heterocycles. The number of hydrogen-bond acceptors (Lipinski definition) is 2. The SMILES string of the molecule is C[P+](=O)CSc1ccc2ccccc2c1. The maximum Gasteiger partial charge on any atom is 0.346 e. The molecule has 1 unspecified atom stereocenters. The summed E-state index contributed by atoms with van der Waals surface area (Å²) in [6.07, 6.45) is 0. The van der Waals surface area contributed by atoms with E-state index >= 15 is 0 Å². The van der Waals surface area contributed by atoms with Crippen LogP contribution in [0.3, 0.4) is 0 Å². The van der Waals surface area contributed by atoms with Crippen molar-refractivity contribution in [2.24, 2.45) is 0 Å². The molecule has 0 amide bonds. The first-order valence-corrected chi connectivity index (χ1v) is 7.63. The van der Waals surface area contributed by atoms with Crippen LogP contribution in [0.15, 0.2) is 47.4 Å². The lowest BCUT2D eigenvalue weighted by molar-refractivity contribution is 0.594. The van der Waals surface area contributed by atoms with Crippen LogP contribution in [0.2, 0.25) is 0 Å². The van der Waals surface area contributed by atoms with Crippen LogP contribution in [0.1, 0.15) is 0 Å². The summed E-state index contributed by atoms with van der Waals surface area (Å²) < 4.78 is 11.0. The summed E-state index contributed by atoms with van der Waals surface area (Å²) in [4.78, 5) is 1.19. The van der Waals surface area contributed by atoms with Crippen LogP contribution in [-0.2, 0) is 4.57 Å². The van der Waals surface area contributed by atoms with E-state index in [1.54, 1.807) is 18.4 Å². The van der Waals surface area contributed by atoms with Gasteiger partial charge >= 0.3 is 7.80 Å². The molecular weight excluding hydrogens is 223 g/mol. The van der Waals surface area contributed by atoms with E-state index in [0.29, 0.717) is 5.49 Å². The van der Waals surface area contributed by atoms with Crippen molar-refractivity contribution in [3.8, 4) is 0 Å². The molecule has 0 heterocycles. The molecule has 15 heavy (non-hydrogen) atoms. The van der Waals surface area contributed by atoms with Crippen LogP contribution in [0.4, 0.5) is 0 Å². The van der Waals surface area contributed by atoms with Gasteiger partial charge in [-0.2, -0.15) is 0 Å². The third kappa shape index (κ3) is 2.80. The Bertz CT molecular complexity index is 496. The molecule has 0 saturated heterocycles. The van der Waals surface area contributed by atoms with Gasteiger partial charge in [-0.05, 0) is 22.9 Å². The molecule has 0 aliphatic rings. The normalized spacial score (nSPS) is 11.7. The monoisotopic (exact) mass is 235 g/mol. The van der Waals surface area contributed by atoms with E-state index in [1.807, 2.05) is 12.1 Å². The summed E-state index contributed by atoms with van der Waals surface area (Å²) in [5.74, 6) is 0. The number of thioether (sulfide) groups is 1. The second-order valence-corrected chi connectivity index (χ2v) is 6.46. The summed E-state index contributed by atoms with van der Waals surface area (Å²) in [6.45, 7) is 1.77. The molecule has 0 bridgehead atoms. The van der Waals surface area contributed by atoms with Gasteiger partial charge in [-0.15, -0.1) is 0 Å². The summed E-state index contributed by atoms with van der Waals surface area (Å²) in [5.41, 5.74) is 0.702. The second-order valence-electron chi connectivity index (χ2n) is 3.41. The molecule has 76 valence electrons. The molecule has 2 rings (SSSR count). The highest BCUT2D eigenvalue weighted by Crippen LogP contribution is 2.30. The Balaban J connectivity index is 2.26. The lowest BCUT2D eigenvalue weighted by Gasteiger charge is -1.99. The first-order chi connectivity index (χ1) is 7.25. The maximum atomic E-state index is 11.0. The molecule has 0 spiro atoms. The Morgan fingerprint density at radius 2 is 1.87 bits per heavy atom. The Morgan fingerprint density at radius 3 is 2.60 bits per heavy atom. The predicted octanol–water partition coefficient (Wildman–Crippen LogP) is 4.35. The lowest BCUT2D eigenvalue weighted by atomic mass is 10.1. The highest BCUT2D eigenvalue weighted by Gasteiger charge is 2.06. The highest BCUT2D eigenvalue weighted by atomic mass is 32.2. The van der Waals surface area contributed by atoms with Crippen LogP contribution >= 0.6 is 19.6 Å². The quantitative estimate of drug-likeness (QED) is 0.581. The van der Waals surface area contributed by atoms with E-state index in [0.717, 1.165) is 0 Å². The van der Waals surface area contributed by atoms with Crippen molar-refractivity contribution in [3.63, 3.8) is 0 Å². The van der Waals surface area contributed by atoms with Crippen molar-refractivity contribution < 1.29 is 4.57 Å². The maximum absolute atomic E-state index is 11.0. The topological polar surface area (TPSA) is 17.1 Å². The Labute approximate surface area is 94.7 Å². The van der Waals surface area contributed by atoms with Gasteiger partial charge in [0.1, 0.15) is 6.66 Å². The number of fused-ring (bicyclic) bond motifs is 1. The predicted molar refractivity (Wildman–Crippen MR) is 68.2 cm³/mol. The minimum atomic E-state index is -1.05. The number of hydrogen-bond donors (Lipinski definition) is 0. The smallest absolute Gasteiger partial charge is 0.0743 e. The van der Waals surface area contributed by atoms with E-state index in [9.17, 15) is 4.57 Å². The van der Waals surface area contributed by atoms with Crippen molar-refractivity contribution in [2.45, 2.75) is 4.90 Å². The zero-order valence-corrected chi connectivity index (χ0v) is 10.2. The van der Waals surface area contributed by atoms with Crippen molar-refractivity contribution in [3.05, 3.63) is 42.5 Å². The molecule has 1 nitrogen and oxygen atoms in total. The average molecular weight is 235 g/mol. The van der Waals surface area contributed by atoms with E-state index in [1.165, 1.54) is 15.7 Å². The molecule has 3 heteroatoms. The van der Waals surface area contributed by atoms with Gasteiger partial charge in [-0.3, -0.25) is 0 Å². The van der Waals surface area contributed by atoms with Crippen LogP contribution in [-0.4, -0.2) is 12.2 Å². The van der Waals surface area contributed by atoms with E-state index in [-0.39, 0.29) is 0 Å². The van der Waals surface area contributed by atoms with Crippen LogP contribution in [0, 0.1) is 0 Å². The Kier molecular flexibility index (Phi) is 3.40. The van der Waals surface area contributed by atoms with Gasteiger partial charge in [-0.1, -0.05) is 46.7 Å². The van der Waals surface area contributed by atoms with Crippen molar-refractivity contribution in [2.75, 3.05) is 12.2 Å². The Hall–Kier alpha value is -0.850. The van der Waals surface area contributed by atoms with E-state index in [2.05, 4.69) is 30.3 Å². The van der Waals surface area contributed by atoms with Crippen molar-refractivity contribution in [1.82, 2.24) is 0 Å². The van der Waals surface area contributed by atoms with E-state index < -0.39 is 7.80 Å². The fourth-order valence-corrected chi connectivity index (χ4v) is 3.12. The lowest BCUT2D eigenvalue weighted by Crippen LogP contribution is -1.75. The summed E-state index contributed by atoms with van der Waals surface area (Å²) in [7, 11) is -1.05. The van der Waals surface area contributed by atoms with Gasteiger partial charge in [-0.25, -0.2) is 0 Å². The fraction of sp³-hybridized carbons (Fsp3) is 0.167. The van der Waals surface area contributed by atoms with Gasteiger partial charge in [0.05, 0.1) is 0 Å². The van der Waals surface area contributed by atoms with E-state index in [4.69, 9.17) is 0 Å². The molecule has 2 aromatic carbocycles. The second kappa shape index (κ2) is 4.78. The largest absolute Gasteiger partial charge is 0.346 e. The first-order valence-electron chi connectivity index (χ1n) is 4.75. The minimum absolute atomic E-state index is 0.702. The van der Waals surface area contributed by atoms with Gasteiger partial charge in [0.2, 0.25) is 0 Å². The number of benzene rings is 2. The third-order valence-electron chi connectivity index (χ3n) is 2.13. The Morgan fingerprint density at radius 1 is 1.13 bits per heavy atom. The zero-order valence-electron chi connectivity index (χ0n) is 8.51. The van der Waals surface area contributed by atoms with Gasteiger partial charge in [0.15, 0.2) is 5.49 Å². The molecule has 0 radical (unpaired) electrons. The number of rotatable bonds is 3. The minimum Gasteiger partial charge on any atom is -0.0743 e. The van der Waals surface area contributed by atoms with Crippen molar-refractivity contribution >= 4 is 30.3 Å². The molecule has 0 aromatic heterocycles. The molecule has 0 aliphatic carbocycles. The summed E-state index contributed by atoms with van der Waals surface area (Å²) >= 11 is 1.66. The highest BCUT2D eigenvalue weighted by molar-refractivity contribution is 8.03. The fourth-order valence-electron chi connectivity index (χ4n) is 1.42. The molecule has 0 fully saturated rings. The standard InChI is InChI=1S/C12H12OPS/c1-14(13)9-15-12-7-6-10-4-2-3-5-11(10)8-12/h2-8H,9H2,1H3/q+1. The first kappa shape index (κ1) is 10.7. The summed E-state index contributed by atoms with van der Waals surface area (Å²) in [6, 6.07) is 14.6.